The highest BCUT2D eigenvalue weighted by molar-refractivity contribution is 7.13. The van der Waals surface area contributed by atoms with Crippen molar-refractivity contribution in [1.82, 2.24) is 15.2 Å². The monoisotopic (exact) mass is 460 g/mol. The van der Waals surface area contributed by atoms with Gasteiger partial charge in [-0.05, 0) is 49.0 Å². The molecular weight excluding hydrogens is 437 g/mol. The lowest BCUT2D eigenvalue weighted by molar-refractivity contribution is -0.137. The Labute approximate surface area is 188 Å². The number of rotatable bonds is 5. The van der Waals surface area contributed by atoms with Gasteiger partial charge < -0.3 is 15.1 Å². The smallest absolute Gasteiger partial charge is 0.369 e. The minimum atomic E-state index is -4.41. The Morgan fingerprint density at radius 2 is 1.81 bits per heavy atom. The van der Waals surface area contributed by atoms with Crippen LogP contribution in [0.1, 0.15) is 21.6 Å². The topological polar surface area (TPSA) is 48.5 Å². The Hall–Kier alpha value is -2.91. The van der Waals surface area contributed by atoms with Gasteiger partial charge in [0.05, 0.1) is 5.56 Å². The lowest BCUT2D eigenvalue weighted by Crippen LogP contribution is -2.44. The molecule has 2 aromatic carbocycles. The standard InChI is InChI=1S/C23H23F3N4OS/c1-29-9-11-30(12-10-29)19-7-5-17(6-8-19)22-28-20(15-32-22)21(31)27-14-16-3-2-4-18(13-16)23(24,25)26/h2-8,13,15H,9-12,14H2,1H3,(H,27,31). The van der Waals surface area contributed by atoms with E-state index < -0.39 is 17.6 Å². The molecule has 4 rings (SSSR count). The van der Waals surface area contributed by atoms with Crippen LogP contribution in [0.15, 0.2) is 53.9 Å². The lowest BCUT2D eigenvalue weighted by atomic mass is 10.1. The molecule has 1 aliphatic heterocycles. The first kappa shape index (κ1) is 22.3. The van der Waals surface area contributed by atoms with Gasteiger partial charge in [0.1, 0.15) is 10.7 Å². The van der Waals surface area contributed by atoms with E-state index in [1.807, 2.05) is 12.1 Å². The summed E-state index contributed by atoms with van der Waals surface area (Å²) < 4.78 is 38.5. The summed E-state index contributed by atoms with van der Waals surface area (Å²) in [4.78, 5) is 21.5. The second-order valence-corrected chi connectivity index (χ2v) is 8.61. The minimum Gasteiger partial charge on any atom is -0.369 e. The van der Waals surface area contributed by atoms with E-state index in [0.717, 1.165) is 54.6 Å². The molecule has 0 spiro atoms. The summed E-state index contributed by atoms with van der Waals surface area (Å²) in [6.45, 7) is 4.04. The molecular formula is C23H23F3N4OS. The van der Waals surface area contributed by atoms with Gasteiger partial charge in [-0.25, -0.2) is 4.98 Å². The van der Waals surface area contributed by atoms with Crippen molar-refractivity contribution in [3.63, 3.8) is 0 Å². The Morgan fingerprint density at radius 3 is 2.50 bits per heavy atom. The van der Waals surface area contributed by atoms with Gasteiger partial charge in [0.25, 0.3) is 5.91 Å². The van der Waals surface area contributed by atoms with Crippen LogP contribution in [0.4, 0.5) is 18.9 Å². The SMILES string of the molecule is CN1CCN(c2ccc(-c3nc(C(=O)NCc4cccc(C(F)(F)F)c4)cs3)cc2)CC1. The van der Waals surface area contributed by atoms with Crippen LogP contribution in [-0.4, -0.2) is 49.0 Å². The van der Waals surface area contributed by atoms with Crippen LogP contribution in [0.25, 0.3) is 10.6 Å². The van der Waals surface area contributed by atoms with Crippen molar-refractivity contribution in [2.75, 3.05) is 38.1 Å². The van der Waals surface area contributed by atoms with E-state index >= 15 is 0 Å². The molecule has 1 aliphatic rings. The fourth-order valence-electron chi connectivity index (χ4n) is 3.52. The van der Waals surface area contributed by atoms with Crippen molar-refractivity contribution in [1.29, 1.82) is 0 Å². The molecule has 0 saturated carbocycles. The van der Waals surface area contributed by atoms with E-state index in [4.69, 9.17) is 0 Å². The third kappa shape index (κ3) is 5.28. The average Bonchev–Trinajstić information content (AvgIpc) is 3.28. The number of halogens is 3. The number of nitrogens with one attached hydrogen (secondary N) is 1. The predicted octanol–water partition coefficient (Wildman–Crippen LogP) is 4.51. The molecule has 2 heterocycles. The van der Waals surface area contributed by atoms with E-state index in [0.29, 0.717) is 5.56 Å². The van der Waals surface area contributed by atoms with E-state index in [1.165, 1.54) is 17.4 Å². The van der Waals surface area contributed by atoms with Crippen molar-refractivity contribution >= 4 is 22.9 Å². The highest BCUT2D eigenvalue weighted by Gasteiger charge is 2.30. The Balaban J connectivity index is 1.37. The highest BCUT2D eigenvalue weighted by Crippen LogP contribution is 2.30. The van der Waals surface area contributed by atoms with Gasteiger partial charge in [-0.3, -0.25) is 4.79 Å². The summed E-state index contributed by atoms with van der Waals surface area (Å²) in [5.74, 6) is -0.418. The number of aromatic nitrogens is 1. The van der Waals surface area contributed by atoms with Crippen LogP contribution in [-0.2, 0) is 12.7 Å². The number of carbonyl (C=O) groups is 1. The van der Waals surface area contributed by atoms with Crippen molar-refractivity contribution < 1.29 is 18.0 Å². The summed E-state index contributed by atoms with van der Waals surface area (Å²) in [5.41, 5.74) is 1.98. The second kappa shape index (κ2) is 9.30. The Bertz CT molecular complexity index is 1070. The number of likely N-dealkylation sites (N-methyl/N-ethyl adjacent to an activating group) is 1. The fourth-order valence-corrected chi connectivity index (χ4v) is 4.33. The van der Waals surface area contributed by atoms with Gasteiger partial charge in [-0.2, -0.15) is 13.2 Å². The maximum atomic E-state index is 12.8. The first-order valence-corrected chi connectivity index (χ1v) is 11.1. The van der Waals surface area contributed by atoms with Gasteiger partial charge >= 0.3 is 6.18 Å². The number of benzene rings is 2. The molecule has 32 heavy (non-hydrogen) atoms. The van der Waals surface area contributed by atoms with Crippen LogP contribution in [0.5, 0.6) is 0 Å². The van der Waals surface area contributed by atoms with Gasteiger partial charge in [0.15, 0.2) is 0 Å². The van der Waals surface area contributed by atoms with Gasteiger partial charge in [-0.15, -0.1) is 11.3 Å². The first-order valence-electron chi connectivity index (χ1n) is 10.2. The predicted molar refractivity (Wildman–Crippen MR) is 120 cm³/mol. The number of amides is 1. The zero-order valence-corrected chi connectivity index (χ0v) is 18.3. The molecule has 0 radical (unpaired) electrons. The highest BCUT2D eigenvalue weighted by atomic mass is 32.1. The van der Waals surface area contributed by atoms with Crippen molar-refractivity contribution in [2.24, 2.45) is 0 Å². The summed E-state index contributed by atoms with van der Waals surface area (Å²) in [7, 11) is 2.12. The second-order valence-electron chi connectivity index (χ2n) is 7.76. The van der Waals surface area contributed by atoms with Crippen LogP contribution in [0.3, 0.4) is 0 Å². The summed E-state index contributed by atoms with van der Waals surface area (Å²) >= 11 is 1.36. The molecule has 0 aliphatic carbocycles. The Morgan fingerprint density at radius 1 is 1.09 bits per heavy atom. The maximum Gasteiger partial charge on any atom is 0.416 e. The van der Waals surface area contributed by atoms with E-state index in [-0.39, 0.29) is 12.2 Å². The fraction of sp³-hybridized carbons (Fsp3) is 0.304. The zero-order valence-electron chi connectivity index (χ0n) is 17.5. The summed E-state index contributed by atoms with van der Waals surface area (Å²) in [6, 6.07) is 13.0. The van der Waals surface area contributed by atoms with E-state index in [9.17, 15) is 18.0 Å². The molecule has 3 aromatic rings. The molecule has 1 N–H and O–H groups in total. The summed E-state index contributed by atoms with van der Waals surface area (Å²) in [5, 5.41) is 5.02. The van der Waals surface area contributed by atoms with Crippen molar-refractivity contribution in [3.05, 3.63) is 70.7 Å². The molecule has 1 aromatic heterocycles. The number of anilines is 1. The number of alkyl halides is 3. The molecule has 1 amide bonds. The number of piperazine rings is 1. The molecule has 0 bridgehead atoms. The maximum absolute atomic E-state index is 12.8. The van der Waals surface area contributed by atoms with Crippen molar-refractivity contribution in [3.8, 4) is 10.6 Å². The summed E-state index contributed by atoms with van der Waals surface area (Å²) in [6.07, 6.45) is -4.41. The zero-order chi connectivity index (χ0) is 22.7. The molecule has 5 nitrogen and oxygen atoms in total. The lowest BCUT2D eigenvalue weighted by Gasteiger charge is -2.34. The normalized spacial score (nSPS) is 15.1. The average molecular weight is 461 g/mol. The largest absolute Gasteiger partial charge is 0.416 e. The Kier molecular flexibility index (Phi) is 6.48. The third-order valence-electron chi connectivity index (χ3n) is 5.43. The van der Waals surface area contributed by atoms with Crippen LogP contribution < -0.4 is 10.2 Å². The number of thiazole rings is 1. The van der Waals surface area contributed by atoms with Crippen LogP contribution >= 0.6 is 11.3 Å². The van der Waals surface area contributed by atoms with E-state index in [1.54, 1.807) is 11.4 Å². The van der Waals surface area contributed by atoms with Gasteiger partial charge in [0, 0.05) is 49.4 Å². The minimum absolute atomic E-state index is 0.00463. The molecule has 168 valence electrons. The van der Waals surface area contributed by atoms with Gasteiger partial charge in [0.2, 0.25) is 0 Å². The number of hydrogen-bond donors (Lipinski definition) is 1. The molecule has 9 heteroatoms. The van der Waals surface area contributed by atoms with E-state index in [2.05, 4.69) is 39.3 Å². The van der Waals surface area contributed by atoms with Crippen LogP contribution in [0.2, 0.25) is 0 Å². The number of nitrogens with zero attached hydrogens (tertiary/aromatic N) is 3. The molecule has 1 saturated heterocycles. The van der Waals surface area contributed by atoms with Crippen LogP contribution in [0, 0.1) is 0 Å². The molecule has 0 atom stereocenters. The number of carbonyl (C=O) groups excluding carboxylic acids is 1. The first-order chi connectivity index (χ1) is 15.3. The molecule has 0 unspecified atom stereocenters. The number of hydrogen-bond acceptors (Lipinski definition) is 5. The third-order valence-corrected chi connectivity index (χ3v) is 6.32. The quantitative estimate of drug-likeness (QED) is 0.609. The van der Waals surface area contributed by atoms with Gasteiger partial charge in [-0.1, -0.05) is 12.1 Å². The molecule has 1 fully saturated rings. The van der Waals surface area contributed by atoms with Crippen molar-refractivity contribution in [2.45, 2.75) is 12.7 Å².